The van der Waals surface area contributed by atoms with Crippen molar-refractivity contribution in [2.75, 3.05) is 17.2 Å². The van der Waals surface area contributed by atoms with Crippen LogP contribution in [0.25, 0.3) is 10.8 Å². The lowest BCUT2D eigenvalue weighted by Crippen LogP contribution is -2.21. The van der Waals surface area contributed by atoms with Crippen molar-refractivity contribution in [1.29, 1.82) is 0 Å². The molecule has 1 amide bonds. The van der Waals surface area contributed by atoms with Crippen LogP contribution in [0.1, 0.15) is 0 Å². The second kappa shape index (κ2) is 6.09. The molecule has 0 atom stereocenters. The molecule has 0 aliphatic carbocycles. The number of amides is 1. The van der Waals surface area contributed by atoms with Crippen LogP contribution < -0.4 is 10.6 Å². The summed E-state index contributed by atoms with van der Waals surface area (Å²) in [6, 6.07) is 23.7. The van der Waals surface area contributed by atoms with Crippen LogP contribution in [0, 0.1) is 0 Å². The molecular formula is C18H16N2O. The second-order valence-electron chi connectivity index (χ2n) is 4.83. The molecule has 0 fully saturated rings. The van der Waals surface area contributed by atoms with Gasteiger partial charge in [-0.2, -0.15) is 0 Å². The van der Waals surface area contributed by atoms with Crippen molar-refractivity contribution < 1.29 is 4.79 Å². The minimum absolute atomic E-state index is 0.0608. The highest BCUT2D eigenvalue weighted by atomic mass is 16.1. The molecule has 3 heteroatoms. The van der Waals surface area contributed by atoms with E-state index in [-0.39, 0.29) is 12.5 Å². The summed E-state index contributed by atoms with van der Waals surface area (Å²) < 4.78 is 0. The molecular weight excluding hydrogens is 260 g/mol. The zero-order valence-electron chi connectivity index (χ0n) is 11.5. The first-order valence-electron chi connectivity index (χ1n) is 6.89. The van der Waals surface area contributed by atoms with E-state index >= 15 is 0 Å². The molecule has 0 saturated carbocycles. The lowest BCUT2D eigenvalue weighted by Gasteiger charge is -2.08. The van der Waals surface area contributed by atoms with E-state index in [1.54, 1.807) is 0 Å². The van der Waals surface area contributed by atoms with Gasteiger partial charge in [-0.15, -0.1) is 0 Å². The van der Waals surface area contributed by atoms with E-state index in [4.69, 9.17) is 0 Å². The van der Waals surface area contributed by atoms with Crippen LogP contribution in [-0.2, 0) is 4.79 Å². The third kappa shape index (κ3) is 3.39. The predicted molar refractivity (Wildman–Crippen MR) is 87.5 cm³/mol. The Bertz CT molecular complexity index is 753. The van der Waals surface area contributed by atoms with Crippen LogP contribution >= 0.6 is 0 Å². The first-order valence-corrected chi connectivity index (χ1v) is 6.89. The molecule has 0 saturated heterocycles. The predicted octanol–water partition coefficient (Wildman–Crippen LogP) is 3.89. The Labute approximate surface area is 123 Å². The normalized spacial score (nSPS) is 10.3. The summed E-state index contributed by atoms with van der Waals surface area (Å²) in [7, 11) is 0. The summed E-state index contributed by atoms with van der Waals surface area (Å²) >= 11 is 0. The van der Waals surface area contributed by atoms with Crippen molar-refractivity contribution in [3.05, 3.63) is 72.8 Å². The molecule has 2 N–H and O–H groups in total. The fourth-order valence-corrected chi connectivity index (χ4v) is 2.21. The molecule has 3 nitrogen and oxygen atoms in total. The average Bonchev–Trinajstić information content (AvgIpc) is 2.54. The fourth-order valence-electron chi connectivity index (χ4n) is 2.21. The summed E-state index contributed by atoms with van der Waals surface area (Å²) in [5, 5.41) is 8.34. The van der Waals surface area contributed by atoms with Gasteiger partial charge in [0.05, 0.1) is 6.54 Å². The molecule has 104 valence electrons. The quantitative estimate of drug-likeness (QED) is 0.759. The number of hydrogen-bond donors (Lipinski definition) is 2. The van der Waals surface area contributed by atoms with Crippen LogP contribution in [0.3, 0.4) is 0 Å². The van der Waals surface area contributed by atoms with Gasteiger partial charge in [-0.05, 0) is 35.0 Å². The standard InChI is InChI=1S/C18H16N2O/c21-18(20-16-8-2-1-3-9-16)13-19-17-11-10-14-6-4-5-7-15(14)12-17/h1-12,19H,13H2,(H,20,21). The smallest absolute Gasteiger partial charge is 0.243 e. The van der Waals surface area contributed by atoms with Gasteiger partial charge in [-0.1, -0.05) is 48.5 Å². The van der Waals surface area contributed by atoms with Gasteiger partial charge in [0.25, 0.3) is 0 Å². The monoisotopic (exact) mass is 276 g/mol. The van der Waals surface area contributed by atoms with Crippen molar-refractivity contribution >= 4 is 28.1 Å². The third-order valence-corrected chi connectivity index (χ3v) is 3.26. The number of carbonyl (C=O) groups excluding carboxylic acids is 1. The van der Waals surface area contributed by atoms with Gasteiger partial charge in [-0.25, -0.2) is 0 Å². The minimum Gasteiger partial charge on any atom is -0.376 e. The molecule has 0 unspecified atom stereocenters. The van der Waals surface area contributed by atoms with Gasteiger partial charge < -0.3 is 10.6 Å². The number of anilines is 2. The van der Waals surface area contributed by atoms with Gasteiger partial charge in [0, 0.05) is 11.4 Å². The number of para-hydroxylation sites is 1. The van der Waals surface area contributed by atoms with Crippen LogP contribution in [0.4, 0.5) is 11.4 Å². The van der Waals surface area contributed by atoms with Gasteiger partial charge >= 0.3 is 0 Å². The Morgan fingerprint density at radius 2 is 1.48 bits per heavy atom. The molecule has 0 heterocycles. The average molecular weight is 276 g/mol. The van der Waals surface area contributed by atoms with Gasteiger partial charge in [0.2, 0.25) is 5.91 Å². The van der Waals surface area contributed by atoms with Crippen molar-refractivity contribution in [2.24, 2.45) is 0 Å². The Kier molecular flexibility index (Phi) is 3.83. The summed E-state index contributed by atoms with van der Waals surface area (Å²) in [6.45, 7) is 0.243. The molecule has 0 spiro atoms. The lowest BCUT2D eigenvalue weighted by molar-refractivity contribution is -0.114. The second-order valence-corrected chi connectivity index (χ2v) is 4.83. The molecule has 3 aromatic carbocycles. The van der Waals surface area contributed by atoms with E-state index < -0.39 is 0 Å². The maximum Gasteiger partial charge on any atom is 0.243 e. The van der Waals surface area contributed by atoms with Crippen LogP contribution in [0.5, 0.6) is 0 Å². The summed E-state index contributed by atoms with van der Waals surface area (Å²) in [6.07, 6.45) is 0. The summed E-state index contributed by atoms with van der Waals surface area (Å²) in [5.41, 5.74) is 1.75. The van der Waals surface area contributed by atoms with Crippen LogP contribution in [0.2, 0.25) is 0 Å². The fraction of sp³-hybridized carbons (Fsp3) is 0.0556. The molecule has 3 rings (SSSR count). The summed E-state index contributed by atoms with van der Waals surface area (Å²) in [5.74, 6) is -0.0608. The van der Waals surface area contributed by atoms with E-state index in [1.807, 2.05) is 60.7 Å². The molecule has 0 bridgehead atoms. The van der Waals surface area contributed by atoms with Gasteiger partial charge in [0.15, 0.2) is 0 Å². The largest absolute Gasteiger partial charge is 0.376 e. The highest BCUT2D eigenvalue weighted by molar-refractivity contribution is 5.94. The van der Waals surface area contributed by atoms with E-state index in [1.165, 1.54) is 5.39 Å². The molecule has 0 aliphatic rings. The van der Waals surface area contributed by atoms with E-state index in [0.717, 1.165) is 16.8 Å². The maximum absolute atomic E-state index is 11.9. The first kappa shape index (κ1) is 13.2. The minimum atomic E-state index is -0.0608. The van der Waals surface area contributed by atoms with Crippen molar-refractivity contribution in [3.63, 3.8) is 0 Å². The number of benzene rings is 3. The number of rotatable bonds is 4. The van der Waals surface area contributed by atoms with E-state index in [0.29, 0.717) is 0 Å². The Hall–Kier alpha value is -2.81. The topological polar surface area (TPSA) is 41.1 Å². The van der Waals surface area contributed by atoms with Gasteiger partial charge in [-0.3, -0.25) is 4.79 Å². The number of nitrogens with one attached hydrogen (secondary N) is 2. The zero-order valence-corrected chi connectivity index (χ0v) is 11.5. The zero-order chi connectivity index (χ0) is 14.5. The Balaban J connectivity index is 1.62. The SMILES string of the molecule is O=C(CNc1ccc2ccccc2c1)Nc1ccccc1. The molecule has 0 aliphatic heterocycles. The Morgan fingerprint density at radius 3 is 2.29 bits per heavy atom. The Morgan fingerprint density at radius 1 is 0.762 bits per heavy atom. The number of fused-ring (bicyclic) bond motifs is 1. The van der Waals surface area contributed by atoms with Crippen LogP contribution in [-0.4, -0.2) is 12.5 Å². The van der Waals surface area contributed by atoms with Crippen molar-refractivity contribution in [2.45, 2.75) is 0 Å². The summed E-state index contributed by atoms with van der Waals surface area (Å²) in [4.78, 5) is 11.9. The highest BCUT2D eigenvalue weighted by Gasteiger charge is 2.02. The van der Waals surface area contributed by atoms with Crippen molar-refractivity contribution in [3.8, 4) is 0 Å². The van der Waals surface area contributed by atoms with Crippen LogP contribution in [0.15, 0.2) is 72.8 Å². The van der Waals surface area contributed by atoms with E-state index in [2.05, 4.69) is 22.8 Å². The number of carbonyl (C=O) groups is 1. The van der Waals surface area contributed by atoms with E-state index in [9.17, 15) is 4.79 Å². The highest BCUT2D eigenvalue weighted by Crippen LogP contribution is 2.18. The third-order valence-electron chi connectivity index (χ3n) is 3.26. The molecule has 0 aromatic heterocycles. The molecule has 0 radical (unpaired) electrons. The first-order chi connectivity index (χ1) is 10.3. The lowest BCUT2D eigenvalue weighted by atomic mass is 10.1. The maximum atomic E-state index is 11.9. The van der Waals surface area contributed by atoms with Crippen molar-refractivity contribution in [1.82, 2.24) is 0 Å². The number of hydrogen-bond acceptors (Lipinski definition) is 2. The van der Waals surface area contributed by atoms with Gasteiger partial charge in [0.1, 0.15) is 0 Å². The molecule has 3 aromatic rings. The molecule has 21 heavy (non-hydrogen) atoms.